The second-order valence-electron chi connectivity index (χ2n) is 5.63. The lowest BCUT2D eigenvalue weighted by molar-refractivity contribution is -0.131. The number of carbonyl (C=O) groups is 2. The van der Waals surface area contributed by atoms with Crippen molar-refractivity contribution < 1.29 is 9.59 Å². The molecule has 0 saturated heterocycles. The van der Waals surface area contributed by atoms with Gasteiger partial charge in [-0.25, -0.2) is 0 Å². The summed E-state index contributed by atoms with van der Waals surface area (Å²) in [5.74, 6) is 1.11. The predicted molar refractivity (Wildman–Crippen MR) is 90.8 cm³/mol. The summed E-state index contributed by atoms with van der Waals surface area (Å²) in [6.07, 6.45) is 1.84. The number of rotatable bonds is 6. The van der Waals surface area contributed by atoms with E-state index < -0.39 is 0 Å². The Morgan fingerprint density at radius 1 is 1.32 bits per heavy atom. The number of thioether (sulfide) groups is 1. The Hall–Kier alpha value is -1.49. The monoisotopic (exact) mass is 320 g/mol. The van der Waals surface area contributed by atoms with E-state index in [1.165, 1.54) is 18.1 Å². The van der Waals surface area contributed by atoms with Crippen LogP contribution in [0.2, 0.25) is 0 Å². The molecule has 0 radical (unpaired) electrons. The number of hydrogen-bond donors (Lipinski definition) is 1. The third-order valence-electron chi connectivity index (χ3n) is 3.85. The predicted octanol–water partition coefficient (Wildman–Crippen LogP) is 2.22. The smallest absolute Gasteiger partial charge is 0.235 e. The molecule has 0 aromatic heterocycles. The minimum atomic E-state index is -0.0254. The van der Waals surface area contributed by atoms with E-state index in [0.717, 1.165) is 31.7 Å². The lowest BCUT2D eigenvalue weighted by atomic mass is 10.00. The van der Waals surface area contributed by atoms with Gasteiger partial charge in [0.2, 0.25) is 11.8 Å². The van der Waals surface area contributed by atoms with Crippen LogP contribution in [0.5, 0.6) is 0 Å². The Balaban J connectivity index is 1.76. The highest BCUT2D eigenvalue weighted by atomic mass is 32.2. The molecule has 0 saturated carbocycles. The number of amides is 2. The molecule has 0 unspecified atom stereocenters. The summed E-state index contributed by atoms with van der Waals surface area (Å²) >= 11 is 1.67. The van der Waals surface area contributed by atoms with Crippen molar-refractivity contribution in [1.82, 2.24) is 10.2 Å². The van der Waals surface area contributed by atoms with Crippen LogP contribution in [0, 0.1) is 0 Å². The van der Waals surface area contributed by atoms with Crippen LogP contribution in [0.3, 0.4) is 0 Å². The fourth-order valence-corrected chi connectivity index (χ4v) is 3.57. The van der Waals surface area contributed by atoms with Gasteiger partial charge in [-0.3, -0.25) is 9.59 Å². The topological polar surface area (TPSA) is 49.4 Å². The van der Waals surface area contributed by atoms with Gasteiger partial charge in [-0.1, -0.05) is 24.3 Å². The summed E-state index contributed by atoms with van der Waals surface area (Å²) in [5.41, 5.74) is 2.63. The van der Waals surface area contributed by atoms with Crippen LogP contribution in [0.25, 0.3) is 0 Å². The summed E-state index contributed by atoms with van der Waals surface area (Å²) in [5, 5.41) is 2.75. The molecule has 1 aliphatic rings. The molecule has 1 aliphatic heterocycles. The SMILES string of the molecule is CC(=O)NCCCS[C@@H](C)C(=O)N1CCc2ccccc2C1. The minimum Gasteiger partial charge on any atom is -0.356 e. The first-order valence-electron chi connectivity index (χ1n) is 7.79. The molecule has 1 heterocycles. The summed E-state index contributed by atoms with van der Waals surface area (Å²) in [6.45, 7) is 5.72. The van der Waals surface area contributed by atoms with Gasteiger partial charge >= 0.3 is 0 Å². The van der Waals surface area contributed by atoms with Crippen molar-refractivity contribution >= 4 is 23.6 Å². The molecular weight excluding hydrogens is 296 g/mol. The highest BCUT2D eigenvalue weighted by Gasteiger charge is 2.24. The van der Waals surface area contributed by atoms with Crippen LogP contribution in [0.1, 0.15) is 31.4 Å². The van der Waals surface area contributed by atoms with E-state index in [1.54, 1.807) is 11.8 Å². The lowest BCUT2D eigenvalue weighted by Crippen LogP contribution is -2.40. The van der Waals surface area contributed by atoms with E-state index in [1.807, 2.05) is 17.9 Å². The van der Waals surface area contributed by atoms with Crippen molar-refractivity contribution in [2.75, 3.05) is 18.8 Å². The van der Waals surface area contributed by atoms with E-state index in [2.05, 4.69) is 23.5 Å². The normalized spacial score (nSPS) is 15.1. The third kappa shape index (κ3) is 4.77. The Bertz CT molecular complexity index is 533. The average Bonchev–Trinajstić information content (AvgIpc) is 2.52. The van der Waals surface area contributed by atoms with Gasteiger partial charge in [-0.2, -0.15) is 0 Å². The van der Waals surface area contributed by atoms with Gasteiger partial charge in [-0.15, -0.1) is 11.8 Å². The van der Waals surface area contributed by atoms with E-state index >= 15 is 0 Å². The molecule has 5 heteroatoms. The van der Waals surface area contributed by atoms with Gasteiger partial charge in [0.15, 0.2) is 0 Å². The molecule has 1 atom stereocenters. The number of carbonyl (C=O) groups excluding carboxylic acids is 2. The molecule has 0 spiro atoms. The van der Waals surface area contributed by atoms with Crippen LogP contribution in [-0.4, -0.2) is 40.8 Å². The largest absolute Gasteiger partial charge is 0.356 e. The summed E-state index contributed by atoms with van der Waals surface area (Å²) < 4.78 is 0. The van der Waals surface area contributed by atoms with Crippen molar-refractivity contribution in [1.29, 1.82) is 0 Å². The number of fused-ring (bicyclic) bond motifs is 1. The molecule has 0 aliphatic carbocycles. The maximum Gasteiger partial charge on any atom is 0.235 e. The van der Waals surface area contributed by atoms with E-state index in [0.29, 0.717) is 6.54 Å². The van der Waals surface area contributed by atoms with E-state index in [4.69, 9.17) is 0 Å². The third-order valence-corrected chi connectivity index (χ3v) is 5.08. The van der Waals surface area contributed by atoms with Gasteiger partial charge in [-0.05, 0) is 36.6 Å². The first-order valence-corrected chi connectivity index (χ1v) is 8.84. The minimum absolute atomic E-state index is 0.00102. The van der Waals surface area contributed by atoms with Crippen LogP contribution in [0.15, 0.2) is 24.3 Å². The number of benzene rings is 1. The quantitative estimate of drug-likeness (QED) is 0.818. The van der Waals surface area contributed by atoms with Gasteiger partial charge in [0.25, 0.3) is 0 Å². The van der Waals surface area contributed by atoms with Gasteiger partial charge in [0.05, 0.1) is 5.25 Å². The standard InChI is InChI=1S/C17H24N2O2S/c1-13(22-11-5-9-18-14(2)20)17(21)19-10-8-15-6-3-4-7-16(15)12-19/h3-4,6-7,13H,5,8-12H2,1-2H3,(H,18,20)/t13-/m0/s1. The second-order valence-corrected chi connectivity index (χ2v) is 7.08. The lowest BCUT2D eigenvalue weighted by Gasteiger charge is -2.30. The maximum atomic E-state index is 12.5. The Morgan fingerprint density at radius 3 is 2.77 bits per heavy atom. The van der Waals surface area contributed by atoms with Crippen molar-refractivity contribution in [2.24, 2.45) is 0 Å². The number of hydrogen-bond acceptors (Lipinski definition) is 3. The van der Waals surface area contributed by atoms with Crippen LogP contribution >= 0.6 is 11.8 Å². The number of nitrogens with zero attached hydrogens (tertiary/aromatic N) is 1. The van der Waals surface area contributed by atoms with E-state index in [9.17, 15) is 9.59 Å². The summed E-state index contributed by atoms with van der Waals surface area (Å²) in [6, 6.07) is 8.36. The molecule has 120 valence electrons. The Kier molecular flexibility index (Phi) is 6.31. The summed E-state index contributed by atoms with van der Waals surface area (Å²) in [7, 11) is 0. The average molecular weight is 320 g/mol. The van der Waals surface area contributed by atoms with Crippen LogP contribution in [-0.2, 0) is 22.6 Å². The molecule has 22 heavy (non-hydrogen) atoms. The molecule has 2 rings (SSSR count). The number of nitrogens with one attached hydrogen (secondary N) is 1. The van der Waals surface area contributed by atoms with Gasteiger partial charge < -0.3 is 10.2 Å². The van der Waals surface area contributed by atoms with E-state index in [-0.39, 0.29) is 17.1 Å². The van der Waals surface area contributed by atoms with Crippen molar-refractivity contribution in [2.45, 2.75) is 38.5 Å². The first-order chi connectivity index (χ1) is 10.6. The fourth-order valence-electron chi connectivity index (χ4n) is 2.61. The zero-order valence-corrected chi connectivity index (χ0v) is 14.1. The Labute approximate surface area is 136 Å². The Morgan fingerprint density at radius 2 is 2.05 bits per heavy atom. The van der Waals surface area contributed by atoms with Crippen molar-refractivity contribution in [3.8, 4) is 0 Å². The maximum absolute atomic E-state index is 12.5. The fraction of sp³-hybridized carbons (Fsp3) is 0.529. The molecule has 4 nitrogen and oxygen atoms in total. The molecule has 1 aromatic carbocycles. The van der Waals surface area contributed by atoms with Crippen molar-refractivity contribution in [3.05, 3.63) is 35.4 Å². The van der Waals surface area contributed by atoms with Crippen LogP contribution < -0.4 is 5.32 Å². The molecule has 1 aromatic rings. The second kappa shape index (κ2) is 8.22. The van der Waals surface area contributed by atoms with Crippen LogP contribution in [0.4, 0.5) is 0 Å². The highest BCUT2D eigenvalue weighted by Crippen LogP contribution is 2.22. The molecule has 0 bridgehead atoms. The molecule has 2 amide bonds. The summed E-state index contributed by atoms with van der Waals surface area (Å²) in [4.78, 5) is 25.3. The zero-order valence-electron chi connectivity index (χ0n) is 13.3. The zero-order chi connectivity index (χ0) is 15.9. The first kappa shape index (κ1) is 16.9. The van der Waals surface area contributed by atoms with Gasteiger partial charge in [0.1, 0.15) is 0 Å². The molecule has 1 N–H and O–H groups in total. The van der Waals surface area contributed by atoms with Crippen molar-refractivity contribution in [3.63, 3.8) is 0 Å². The van der Waals surface area contributed by atoms with Gasteiger partial charge in [0, 0.05) is 26.6 Å². The molecule has 0 fully saturated rings. The molecular formula is C17H24N2O2S. The highest BCUT2D eigenvalue weighted by molar-refractivity contribution is 8.00.